The van der Waals surface area contributed by atoms with Crippen LogP contribution < -0.4 is 11.1 Å². The summed E-state index contributed by atoms with van der Waals surface area (Å²) in [7, 11) is 0. The van der Waals surface area contributed by atoms with E-state index >= 15 is 0 Å². The molecule has 0 saturated carbocycles. The number of hydrogen-bond donors (Lipinski definition) is 3. The molecule has 1 unspecified atom stereocenters. The van der Waals surface area contributed by atoms with Gasteiger partial charge in [0.05, 0.1) is 6.04 Å². The standard InChI is InChI=1S/C5H10N2O3/c1-3(6)5(10)7-2-4(8)9/h3H,2,6H2,1H3,(H,7,10)(H,8,9)/i6+1. The highest BCUT2D eigenvalue weighted by Crippen LogP contribution is 1.73. The SMILES string of the molecule is CC([15NH2])C(=O)NCC(=O)O. The Balaban J connectivity index is 3.50. The van der Waals surface area contributed by atoms with Gasteiger partial charge in [0.1, 0.15) is 6.54 Å². The molecule has 0 aliphatic rings. The lowest BCUT2D eigenvalue weighted by Gasteiger charge is -2.03. The summed E-state index contributed by atoms with van der Waals surface area (Å²) in [6.45, 7) is 1.11. The van der Waals surface area contributed by atoms with E-state index < -0.39 is 17.9 Å². The zero-order valence-corrected chi connectivity index (χ0v) is 5.63. The molecule has 0 rings (SSSR count). The van der Waals surface area contributed by atoms with E-state index in [1.54, 1.807) is 0 Å². The van der Waals surface area contributed by atoms with Crippen LogP contribution in [0.15, 0.2) is 0 Å². The Morgan fingerprint density at radius 3 is 2.50 bits per heavy atom. The van der Waals surface area contributed by atoms with Gasteiger partial charge in [-0.05, 0) is 6.92 Å². The van der Waals surface area contributed by atoms with Gasteiger partial charge in [0, 0.05) is 0 Å². The van der Waals surface area contributed by atoms with Crippen molar-refractivity contribution in [1.82, 2.24) is 5.32 Å². The largest absolute Gasteiger partial charge is 0.480 e. The molecule has 0 aliphatic heterocycles. The number of carboxylic acids is 1. The number of nitrogens with two attached hydrogens (primary N) is 1. The molecule has 0 aromatic rings. The Morgan fingerprint density at radius 1 is 1.70 bits per heavy atom. The summed E-state index contributed by atoms with van der Waals surface area (Å²) in [5, 5.41) is 10.2. The van der Waals surface area contributed by atoms with Gasteiger partial charge in [0.2, 0.25) is 5.91 Å². The molecular weight excluding hydrogens is 137 g/mol. The third kappa shape index (κ3) is 3.85. The minimum atomic E-state index is -1.07. The topological polar surface area (TPSA) is 92.4 Å². The Kier molecular flexibility index (Phi) is 3.42. The first kappa shape index (κ1) is 8.90. The number of rotatable bonds is 3. The van der Waals surface area contributed by atoms with Crippen LogP contribution in [0.1, 0.15) is 6.92 Å². The summed E-state index contributed by atoms with van der Waals surface area (Å²) in [5.41, 5.74) is 5.12. The molecule has 0 radical (unpaired) electrons. The van der Waals surface area contributed by atoms with Crippen LogP contribution in [0.5, 0.6) is 0 Å². The number of aliphatic carboxylic acids is 1. The maximum absolute atomic E-state index is 10.5. The number of hydrogen-bond acceptors (Lipinski definition) is 3. The zero-order chi connectivity index (χ0) is 8.15. The number of carboxylic acid groups (broad SMARTS) is 1. The number of amides is 1. The van der Waals surface area contributed by atoms with Crippen molar-refractivity contribution in [2.75, 3.05) is 6.54 Å². The average molecular weight is 147 g/mol. The first-order chi connectivity index (χ1) is 4.54. The van der Waals surface area contributed by atoms with E-state index in [0.717, 1.165) is 0 Å². The van der Waals surface area contributed by atoms with Crippen LogP contribution in [0.2, 0.25) is 0 Å². The van der Waals surface area contributed by atoms with Crippen molar-refractivity contribution >= 4 is 11.9 Å². The Labute approximate surface area is 58.2 Å². The molecule has 4 N–H and O–H groups in total. The fourth-order valence-corrected chi connectivity index (χ4v) is 0.324. The molecule has 5 heteroatoms. The van der Waals surface area contributed by atoms with E-state index in [1.807, 2.05) is 0 Å². The molecule has 0 aromatic heterocycles. The van der Waals surface area contributed by atoms with Crippen molar-refractivity contribution in [3.05, 3.63) is 0 Å². The van der Waals surface area contributed by atoms with Crippen LogP contribution in [0, 0.1) is 0 Å². The third-order valence-electron chi connectivity index (χ3n) is 0.827. The Hall–Kier alpha value is -1.10. The highest BCUT2D eigenvalue weighted by atomic mass is 16.4. The number of nitrogens with one attached hydrogen (secondary N) is 1. The predicted molar refractivity (Wildman–Crippen MR) is 34.3 cm³/mol. The molecule has 5 nitrogen and oxygen atoms in total. The van der Waals surface area contributed by atoms with Crippen LogP contribution in [0.3, 0.4) is 0 Å². The summed E-state index contributed by atoms with van der Waals surface area (Å²) in [6.07, 6.45) is 0. The zero-order valence-electron chi connectivity index (χ0n) is 5.63. The highest BCUT2D eigenvalue weighted by Gasteiger charge is 2.07. The number of carbonyl (C=O) groups excluding carboxylic acids is 1. The molecule has 0 spiro atoms. The maximum atomic E-state index is 10.5. The molecule has 0 aromatic carbocycles. The van der Waals surface area contributed by atoms with Crippen molar-refractivity contribution in [2.24, 2.45) is 5.73 Å². The normalized spacial score (nSPS) is 12.2. The smallest absolute Gasteiger partial charge is 0.322 e. The minimum absolute atomic E-state index is 0.375. The van der Waals surface area contributed by atoms with Gasteiger partial charge in [-0.3, -0.25) is 9.59 Å². The van der Waals surface area contributed by atoms with Gasteiger partial charge < -0.3 is 16.2 Å². The van der Waals surface area contributed by atoms with Gasteiger partial charge in [0.15, 0.2) is 0 Å². The molecule has 10 heavy (non-hydrogen) atoms. The van der Waals surface area contributed by atoms with Gasteiger partial charge >= 0.3 is 5.97 Å². The average Bonchev–Trinajstić information content (AvgIpc) is 1.82. The van der Waals surface area contributed by atoms with Crippen LogP contribution >= 0.6 is 0 Å². The van der Waals surface area contributed by atoms with Crippen molar-refractivity contribution < 1.29 is 14.7 Å². The van der Waals surface area contributed by atoms with Gasteiger partial charge in [-0.1, -0.05) is 0 Å². The van der Waals surface area contributed by atoms with Gasteiger partial charge in [-0.25, -0.2) is 0 Å². The summed E-state index contributed by atoms with van der Waals surface area (Å²) >= 11 is 0. The first-order valence-corrected chi connectivity index (χ1v) is 2.79. The summed E-state index contributed by atoms with van der Waals surface area (Å²) in [4.78, 5) is 20.4. The fourth-order valence-electron chi connectivity index (χ4n) is 0.324. The Morgan fingerprint density at radius 2 is 2.20 bits per heavy atom. The van der Waals surface area contributed by atoms with Crippen LogP contribution in [-0.2, 0) is 9.59 Å². The van der Waals surface area contributed by atoms with E-state index in [0.29, 0.717) is 0 Å². The maximum Gasteiger partial charge on any atom is 0.322 e. The van der Waals surface area contributed by atoms with Gasteiger partial charge in [0.25, 0.3) is 0 Å². The van der Waals surface area contributed by atoms with E-state index in [-0.39, 0.29) is 6.54 Å². The summed E-state index contributed by atoms with van der Waals surface area (Å²) in [6, 6.07) is -0.653. The van der Waals surface area contributed by atoms with Crippen molar-refractivity contribution in [3.8, 4) is 0 Å². The molecule has 1 amide bonds. The molecule has 58 valence electrons. The van der Waals surface area contributed by atoms with E-state index in [9.17, 15) is 9.59 Å². The first-order valence-electron chi connectivity index (χ1n) is 2.79. The van der Waals surface area contributed by atoms with Gasteiger partial charge in [-0.15, -0.1) is 0 Å². The fraction of sp³-hybridized carbons (Fsp3) is 0.600. The molecule has 0 bridgehead atoms. The lowest BCUT2D eigenvalue weighted by atomic mass is 10.4. The van der Waals surface area contributed by atoms with E-state index in [2.05, 4.69) is 5.32 Å². The second-order valence-corrected chi connectivity index (χ2v) is 1.90. The van der Waals surface area contributed by atoms with Gasteiger partial charge in [-0.2, -0.15) is 0 Å². The quantitative estimate of drug-likeness (QED) is 0.425. The molecular formula is C5H10N2O3. The molecule has 0 aliphatic carbocycles. The third-order valence-corrected chi connectivity index (χ3v) is 0.827. The molecule has 1 atom stereocenters. The summed E-state index contributed by atoms with van der Waals surface area (Å²) < 4.78 is 0. The van der Waals surface area contributed by atoms with Crippen molar-refractivity contribution in [1.29, 1.82) is 0 Å². The van der Waals surface area contributed by atoms with E-state index in [4.69, 9.17) is 10.8 Å². The highest BCUT2D eigenvalue weighted by molar-refractivity contribution is 5.84. The monoisotopic (exact) mass is 147 g/mol. The lowest BCUT2D eigenvalue weighted by molar-refractivity contribution is -0.138. The number of carbonyl (C=O) groups is 2. The minimum Gasteiger partial charge on any atom is -0.480 e. The van der Waals surface area contributed by atoms with Crippen LogP contribution in [0.25, 0.3) is 0 Å². The van der Waals surface area contributed by atoms with Crippen LogP contribution in [0.4, 0.5) is 0 Å². The summed E-state index contributed by atoms with van der Waals surface area (Å²) in [5.74, 6) is -1.53. The Bertz CT molecular complexity index is 144. The second kappa shape index (κ2) is 3.84. The molecule has 0 fully saturated rings. The van der Waals surface area contributed by atoms with Crippen LogP contribution in [-0.4, -0.2) is 29.6 Å². The van der Waals surface area contributed by atoms with Crippen molar-refractivity contribution in [2.45, 2.75) is 13.0 Å². The van der Waals surface area contributed by atoms with Crippen molar-refractivity contribution in [3.63, 3.8) is 0 Å². The molecule has 0 heterocycles. The molecule has 0 saturated heterocycles. The lowest BCUT2D eigenvalue weighted by Crippen LogP contribution is -2.40. The predicted octanol–water partition coefficient (Wildman–Crippen LogP) is -1.47. The second-order valence-electron chi connectivity index (χ2n) is 1.90. The van der Waals surface area contributed by atoms with E-state index in [1.165, 1.54) is 6.92 Å².